The number of H-pyrrole nitrogens is 1. The summed E-state index contributed by atoms with van der Waals surface area (Å²) in [4.78, 5) is 40.2. The summed E-state index contributed by atoms with van der Waals surface area (Å²) >= 11 is 0. The van der Waals surface area contributed by atoms with Crippen molar-refractivity contribution in [3.8, 4) is 0 Å². The van der Waals surface area contributed by atoms with Gasteiger partial charge in [0.2, 0.25) is 0 Å². The number of carbonyl (C=O) groups is 2. The Hall–Kier alpha value is -2.88. The van der Waals surface area contributed by atoms with Gasteiger partial charge in [-0.1, -0.05) is 6.08 Å². The maximum Gasteiger partial charge on any atom is 0.508 e. The third kappa shape index (κ3) is 5.31. The van der Waals surface area contributed by atoms with Crippen molar-refractivity contribution in [2.75, 3.05) is 19.0 Å². The summed E-state index contributed by atoms with van der Waals surface area (Å²) in [5.74, 6) is -0.0870. The Kier molecular flexibility index (Phi) is 6.73. The van der Waals surface area contributed by atoms with Crippen LogP contribution in [-0.4, -0.2) is 54.2 Å². The predicted molar refractivity (Wildman–Crippen MR) is 89.6 cm³/mol. The quantitative estimate of drug-likeness (QED) is 0.529. The van der Waals surface area contributed by atoms with Crippen molar-refractivity contribution in [2.24, 2.45) is 0 Å². The van der Waals surface area contributed by atoms with Crippen molar-refractivity contribution in [3.63, 3.8) is 0 Å². The molecular weight excluding hydrogens is 346 g/mol. The van der Waals surface area contributed by atoms with Gasteiger partial charge in [-0.2, -0.15) is 0 Å². The standard InChI is InChI=1S/C16H21N3O7/c1-4-5-10-7-17-15(21)19-13(10)18-14-12(25-9(2)20)6-11(26-14)8-24-16(22)23-3/h4,7,11-12,14H,1,5-6,8H2,2-3H3,(H2,17,18,19,21)/t11-,12+,14+/m0/s1. The summed E-state index contributed by atoms with van der Waals surface area (Å²) in [7, 11) is 1.20. The molecule has 0 bridgehead atoms. The van der Waals surface area contributed by atoms with Crippen LogP contribution in [0, 0.1) is 0 Å². The fourth-order valence-corrected chi connectivity index (χ4v) is 2.51. The predicted octanol–water partition coefficient (Wildman–Crippen LogP) is 0.740. The lowest BCUT2D eigenvalue weighted by atomic mass is 10.2. The summed E-state index contributed by atoms with van der Waals surface area (Å²) in [6.07, 6.45) is 1.14. The van der Waals surface area contributed by atoms with Crippen molar-refractivity contribution in [1.29, 1.82) is 0 Å². The van der Waals surface area contributed by atoms with Crippen LogP contribution in [0.25, 0.3) is 0 Å². The average molecular weight is 367 g/mol. The highest BCUT2D eigenvalue weighted by atomic mass is 16.7. The van der Waals surface area contributed by atoms with Crippen molar-refractivity contribution in [2.45, 2.75) is 38.2 Å². The molecule has 2 heterocycles. The van der Waals surface area contributed by atoms with Crippen LogP contribution in [0.3, 0.4) is 0 Å². The van der Waals surface area contributed by atoms with Gasteiger partial charge in [-0.15, -0.1) is 6.58 Å². The minimum atomic E-state index is -0.833. The van der Waals surface area contributed by atoms with E-state index in [-0.39, 0.29) is 6.61 Å². The van der Waals surface area contributed by atoms with E-state index in [9.17, 15) is 14.4 Å². The summed E-state index contributed by atoms with van der Waals surface area (Å²) in [5.41, 5.74) is 0.159. The first-order valence-corrected chi connectivity index (χ1v) is 7.92. The van der Waals surface area contributed by atoms with Crippen LogP contribution in [0.5, 0.6) is 0 Å². The molecule has 0 saturated carbocycles. The molecular formula is C16H21N3O7. The molecule has 0 unspecified atom stereocenters. The normalized spacial score (nSPS) is 21.7. The second-order valence-corrected chi connectivity index (χ2v) is 5.55. The Morgan fingerprint density at radius 2 is 2.31 bits per heavy atom. The Morgan fingerprint density at radius 1 is 1.54 bits per heavy atom. The Labute approximate surface area is 149 Å². The third-order valence-electron chi connectivity index (χ3n) is 3.58. The van der Waals surface area contributed by atoms with E-state index < -0.39 is 36.3 Å². The summed E-state index contributed by atoms with van der Waals surface area (Å²) < 4.78 is 20.3. The highest BCUT2D eigenvalue weighted by Crippen LogP contribution is 2.26. The smallest absolute Gasteiger partial charge is 0.458 e. The second kappa shape index (κ2) is 8.99. The van der Waals surface area contributed by atoms with Crippen molar-refractivity contribution in [3.05, 3.63) is 34.9 Å². The zero-order valence-corrected chi connectivity index (χ0v) is 14.5. The lowest BCUT2D eigenvalue weighted by Gasteiger charge is -2.21. The molecule has 0 aromatic carbocycles. The Bertz CT molecular complexity index is 718. The number of carbonyl (C=O) groups excluding carboxylic acids is 2. The molecule has 1 fully saturated rings. The van der Waals surface area contributed by atoms with Crippen molar-refractivity contribution >= 4 is 17.9 Å². The SMILES string of the molecule is C=CCc1cnc(=O)[nH]c1N[C@@H]1O[C@H](COC(=O)OC)C[C@H]1OC(C)=O. The number of allylic oxidation sites excluding steroid dienone is 1. The van der Waals surface area contributed by atoms with Crippen LogP contribution in [0.15, 0.2) is 23.6 Å². The molecule has 10 heteroatoms. The van der Waals surface area contributed by atoms with Crippen LogP contribution in [0.1, 0.15) is 18.9 Å². The Morgan fingerprint density at radius 3 is 2.96 bits per heavy atom. The number of anilines is 1. The second-order valence-electron chi connectivity index (χ2n) is 5.55. The molecule has 2 rings (SSSR count). The number of ether oxygens (including phenoxy) is 4. The van der Waals surface area contributed by atoms with Crippen molar-refractivity contribution < 1.29 is 28.5 Å². The fraction of sp³-hybridized carbons (Fsp3) is 0.500. The highest BCUT2D eigenvalue weighted by Gasteiger charge is 2.38. The van der Waals surface area contributed by atoms with E-state index in [1.54, 1.807) is 6.08 Å². The molecule has 26 heavy (non-hydrogen) atoms. The van der Waals surface area contributed by atoms with E-state index in [4.69, 9.17) is 14.2 Å². The first-order chi connectivity index (χ1) is 12.4. The van der Waals surface area contributed by atoms with Crippen molar-refractivity contribution in [1.82, 2.24) is 9.97 Å². The number of rotatable bonds is 7. The highest BCUT2D eigenvalue weighted by molar-refractivity contribution is 5.66. The number of aromatic nitrogens is 2. The maximum absolute atomic E-state index is 11.5. The van der Waals surface area contributed by atoms with Gasteiger partial charge in [0.15, 0.2) is 6.23 Å². The zero-order chi connectivity index (χ0) is 19.1. The minimum Gasteiger partial charge on any atom is -0.458 e. The van der Waals surface area contributed by atoms with Gasteiger partial charge in [-0.25, -0.2) is 14.6 Å². The lowest BCUT2D eigenvalue weighted by molar-refractivity contribution is -0.148. The molecule has 1 aromatic heterocycles. The van der Waals surface area contributed by atoms with Crippen LogP contribution >= 0.6 is 0 Å². The molecule has 1 aromatic rings. The van der Waals surface area contributed by atoms with E-state index in [1.807, 2.05) is 0 Å². The number of methoxy groups -OCH3 is 1. The number of nitrogens with one attached hydrogen (secondary N) is 2. The lowest BCUT2D eigenvalue weighted by Crippen LogP contribution is -2.34. The van der Waals surface area contributed by atoms with Crippen LogP contribution in [0.2, 0.25) is 0 Å². The molecule has 10 nitrogen and oxygen atoms in total. The van der Waals surface area contributed by atoms with Gasteiger partial charge in [0.05, 0.1) is 13.2 Å². The Balaban J connectivity index is 2.12. The molecule has 1 aliphatic heterocycles. The average Bonchev–Trinajstić information content (AvgIpc) is 2.96. The number of hydrogen-bond donors (Lipinski definition) is 2. The van der Waals surface area contributed by atoms with Gasteiger partial charge in [0.1, 0.15) is 18.5 Å². The topological polar surface area (TPSA) is 129 Å². The molecule has 0 amide bonds. The molecule has 2 N–H and O–H groups in total. The van der Waals surface area contributed by atoms with E-state index in [0.717, 1.165) is 0 Å². The minimum absolute atomic E-state index is 0.0605. The number of nitrogens with zero attached hydrogens (tertiary/aromatic N) is 1. The first kappa shape index (κ1) is 19.4. The summed E-state index contributed by atoms with van der Waals surface area (Å²) in [6, 6.07) is 0. The van der Waals surface area contributed by atoms with E-state index in [0.29, 0.717) is 24.2 Å². The van der Waals surface area contributed by atoms with E-state index >= 15 is 0 Å². The maximum atomic E-state index is 11.5. The molecule has 3 atom stereocenters. The summed E-state index contributed by atoms with van der Waals surface area (Å²) in [5, 5.41) is 3.01. The molecule has 0 radical (unpaired) electrons. The number of aromatic amines is 1. The number of esters is 1. The molecule has 1 aliphatic rings. The molecule has 1 saturated heterocycles. The largest absolute Gasteiger partial charge is 0.508 e. The third-order valence-corrected chi connectivity index (χ3v) is 3.58. The first-order valence-electron chi connectivity index (χ1n) is 7.92. The molecule has 0 aliphatic carbocycles. The zero-order valence-electron chi connectivity index (χ0n) is 14.5. The van der Waals surface area contributed by atoms with Crippen LogP contribution in [-0.2, 0) is 30.2 Å². The summed E-state index contributed by atoms with van der Waals surface area (Å²) in [6.45, 7) is 4.88. The van der Waals surface area contributed by atoms with Gasteiger partial charge in [-0.3, -0.25) is 9.78 Å². The van der Waals surface area contributed by atoms with Crippen LogP contribution < -0.4 is 11.0 Å². The van der Waals surface area contributed by atoms with Gasteiger partial charge in [0, 0.05) is 25.1 Å². The van der Waals surface area contributed by atoms with Gasteiger partial charge < -0.3 is 24.3 Å². The van der Waals surface area contributed by atoms with Gasteiger partial charge >= 0.3 is 17.8 Å². The van der Waals surface area contributed by atoms with Gasteiger partial charge in [0.25, 0.3) is 0 Å². The van der Waals surface area contributed by atoms with E-state index in [1.165, 1.54) is 20.2 Å². The number of hydrogen-bond acceptors (Lipinski definition) is 9. The molecule has 142 valence electrons. The van der Waals surface area contributed by atoms with Crippen LogP contribution in [0.4, 0.5) is 10.6 Å². The monoisotopic (exact) mass is 367 g/mol. The molecule has 0 spiro atoms. The van der Waals surface area contributed by atoms with Gasteiger partial charge in [-0.05, 0) is 6.42 Å². The van der Waals surface area contributed by atoms with E-state index in [2.05, 4.69) is 26.6 Å². The fourth-order valence-electron chi connectivity index (χ4n) is 2.51.